The molecular weight excluding hydrogens is 670 g/mol. The SMILES string of the molecule is [Cu+2].[Na+].[Na+].[S-]c1ccc2c3nc4[n-]c(nc5nc(nc6nc(nc([n-]3)c2c1)-c1cccc([S-])c1-6)-c1ccccc1-5)c1ccccc41. The minimum Gasteiger partial charge on any atom is -0.780 e. The fraction of sp³-hybridized carbons (Fsp3) is 0. The molecule has 13 heteroatoms. The van der Waals surface area contributed by atoms with E-state index in [0.29, 0.717) is 55.7 Å². The molecule has 5 heterocycles. The van der Waals surface area contributed by atoms with Crippen molar-refractivity contribution in [2.75, 3.05) is 0 Å². The van der Waals surface area contributed by atoms with Gasteiger partial charge < -0.3 is 50.2 Å². The molecule has 0 fully saturated rings. The van der Waals surface area contributed by atoms with Crippen LogP contribution in [0.25, 0.3) is 89.7 Å². The van der Waals surface area contributed by atoms with Crippen molar-refractivity contribution in [1.82, 2.24) is 39.9 Å². The standard InChI is InChI=1S/C32H16N8S2.Cu.2Na/c41-15-12-13-20-22(14-15)31-37-29(20)36-27-17-7-2-1-6-16(17)25(34-27)33-26-18-8-3-4-9-19(18)28(35-26)39-32-24-21(30(38-31)40-32)10-5-11-23(24)42;;;/h1-14H,(H2-2,33,34,35,36,37,38,39,40,41,42);;;/q-2;+2;2*+1/p-2. The van der Waals surface area contributed by atoms with Gasteiger partial charge in [-0.15, -0.1) is 0 Å². The van der Waals surface area contributed by atoms with Crippen LogP contribution in [0, 0.1) is 0 Å². The van der Waals surface area contributed by atoms with E-state index in [1.54, 1.807) is 0 Å². The van der Waals surface area contributed by atoms with Crippen LogP contribution in [0.3, 0.4) is 0 Å². The third-order valence-corrected chi connectivity index (χ3v) is 8.07. The summed E-state index contributed by atoms with van der Waals surface area (Å²) in [6.45, 7) is 0. The summed E-state index contributed by atoms with van der Waals surface area (Å²) < 4.78 is 0. The first-order chi connectivity index (χ1) is 20.6. The van der Waals surface area contributed by atoms with E-state index < -0.39 is 0 Å². The van der Waals surface area contributed by atoms with Gasteiger partial charge in [0.05, 0.1) is 11.6 Å². The van der Waals surface area contributed by atoms with E-state index in [0.717, 1.165) is 43.8 Å². The molecule has 4 aromatic carbocycles. The Morgan fingerprint density at radius 1 is 0.444 bits per heavy atom. The molecule has 0 spiro atoms. The number of benzene rings is 4. The summed E-state index contributed by atoms with van der Waals surface area (Å²) in [6.07, 6.45) is 0. The Bertz CT molecular complexity index is 2480. The molecule has 0 amide bonds. The second-order valence-corrected chi connectivity index (χ2v) is 10.9. The quantitative estimate of drug-likeness (QED) is 0.160. The maximum absolute atomic E-state index is 5.73. The smallest absolute Gasteiger partial charge is 0.780 e. The van der Waals surface area contributed by atoms with Crippen LogP contribution in [0.2, 0.25) is 0 Å². The van der Waals surface area contributed by atoms with Crippen molar-refractivity contribution in [3.8, 4) is 45.6 Å². The summed E-state index contributed by atoms with van der Waals surface area (Å²) in [5, 5.41) is 3.32. The zero-order valence-corrected chi connectivity index (χ0v) is 30.4. The Morgan fingerprint density at radius 3 is 1.60 bits per heavy atom. The molecule has 2 aliphatic heterocycles. The van der Waals surface area contributed by atoms with Gasteiger partial charge in [0.2, 0.25) is 0 Å². The number of rotatable bonds is 0. The molecule has 207 valence electrons. The summed E-state index contributed by atoms with van der Waals surface area (Å²) in [5.74, 6) is 1.92. The van der Waals surface area contributed by atoms with Crippen LogP contribution >= 0.6 is 0 Å². The predicted octanol–water partition coefficient (Wildman–Crippen LogP) is -0.0555. The Kier molecular flexibility index (Phi) is 8.88. The second-order valence-electron chi connectivity index (χ2n) is 9.96. The molecule has 0 atom stereocenters. The second kappa shape index (κ2) is 12.4. The maximum Gasteiger partial charge on any atom is 2.00 e. The van der Waals surface area contributed by atoms with Crippen LogP contribution in [0.4, 0.5) is 0 Å². The summed E-state index contributed by atoms with van der Waals surface area (Å²) in [5.41, 5.74) is 5.21. The topological polar surface area (TPSA) is 106 Å². The molecule has 8 bridgehead atoms. The average Bonchev–Trinajstić information content (AvgIpc) is 3.73. The molecule has 45 heavy (non-hydrogen) atoms. The van der Waals surface area contributed by atoms with Gasteiger partial charge in [-0.05, 0) is 21.5 Å². The van der Waals surface area contributed by atoms with Gasteiger partial charge in [-0.1, -0.05) is 84.9 Å². The fourth-order valence-electron chi connectivity index (χ4n) is 5.56. The number of aromatic nitrogens is 8. The molecule has 0 unspecified atom stereocenters. The van der Waals surface area contributed by atoms with Crippen molar-refractivity contribution in [3.63, 3.8) is 0 Å². The Labute approximate surface area is 322 Å². The van der Waals surface area contributed by atoms with Crippen molar-refractivity contribution in [3.05, 3.63) is 84.9 Å². The van der Waals surface area contributed by atoms with E-state index in [-0.39, 0.29) is 76.2 Å². The van der Waals surface area contributed by atoms with Crippen molar-refractivity contribution < 1.29 is 76.2 Å². The normalized spacial score (nSPS) is 11.2. The zero-order valence-electron chi connectivity index (χ0n) is 23.8. The van der Waals surface area contributed by atoms with Crippen LogP contribution in [0.5, 0.6) is 0 Å². The summed E-state index contributed by atoms with van der Waals surface area (Å²) >= 11 is 11.2. The largest absolute Gasteiger partial charge is 2.00 e. The first kappa shape index (κ1) is 32.2. The molecule has 7 aromatic rings. The van der Waals surface area contributed by atoms with E-state index in [4.69, 9.17) is 65.1 Å². The molecule has 0 saturated heterocycles. The van der Waals surface area contributed by atoms with Crippen LogP contribution in [0.1, 0.15) is 0 Å². The third-order valence-electron chi connectivity index (χ3n) is 7.48. The predicted molar refractivity (Wildman–Crippen MR) is 165 cm³/mol. The molecule has 9 rings (SSSR count). The number of nitrogens with zero attached hydrogens (tertiary/aromatic N) is 8. The number of hydrogen-bond acceptors (Lipinski definition) is 8. The first-order valence-electron chi connectivity index (χ1n) is 13.1. The molecule has 8 nitrogen and oxygen atoms in total. The van der Waals surface area contributed by atoms with Crippen LogP contribution < -0.4 is 69.1 Å². The summed E-state index contributed by atoms with van der Waals surface area (Å²) in [7, 11) is 0. The molecule has 0 aliphatic carbocycles. The third kappa shape index (κ3) is 5.21. The average molecular weight is 684 g/mol. The number of fused-ring (bicyclic) bond motifs is 20. The molecule has 1 radical (unpaired) electrons. The van der Waals surface area contributed by atoms with Gasteiger partial charge >= 0.3 is 76.2 Å². The van der Waals surface area contributed by atoms with Crippen molar-refractivity contribution in [2.45, 2.75) is 9.79 Å². The van der Waals surface area contributed by atoms with Gasteiger partial charge in [-0.2, -0.15) is 9.79 Å². The monoisotopic (exact) mass is 683 g/mol. The molecule has 0 saturated carbocycles. The van der Waals surface area contributed by atoms with E-state index in [9.17, 15) is 0 Å². The first-order valence-corrected chi connectivity index (χ1v) is 13.9. The van der Waals surface area contributed by atoms with E-state index in [2.05, 4.69) is 0 Å². The van der Waals surface area contributed by atoms with E-state index in [1.807, 2.05) is 84.9 Å². The summed E-state index contributed by atoms with van der Waals surface area (Å²) in [6, 6.07) is 27.1. The van der Waals surface area contributed by atoms with Crippen molar-refractivity contribution in [2.24, 2.45) is 0 Å². The van der Waals surface area contributed by atoms with Gasteiger partial charge in [0, 0.05) is 44.8 Å². The Balaban J connectivity index is 0.00000119. The molecule has 2 aliphatic rings. The van der Waals surface area contributed by atoms with Gasteiger partial charge in [0.15, 0.2) is 11.6 Å². The van der Waals surface area contributed by atoms with E-state index >= 15 is 0 Å². The molecular formula is C32H14CuN8Na2S2. The van der Waals surface area contributed by atoms with Crippen LogP contribution in [0.15, 0.2) is 94.7 Å². The van der Waals surface area contributed by atoms with Gasteiger partial charge in [-0.25, -0.2) is 15.0 Å². The Hall–Kier alpha value is -2.80. The molecule has 0 N–H and O–H groups in total. The van der Waals surface area contributed by atoms with Gasteiger partial charge in [-0.3, -0.25) is 0 Å². The molecule has 3 aromatic heterocycles. The summed E-state index contributed by atoms with van der Waals surface area (Å²) in [4.78, 5) is 40.5. The van der Waals surface area contributed by atoms with Crippen LogP contribution in [-0.4, -0.2) is 29.9 Å². The fourth-order valence-corrected chi connectivity index (χ4v) is 6.02. The maximum atomic E-state index is 5.73. The van der Waals surface area contributed by atoms with Crippen molar-refractivity contribution in [1.29, 1.82) is 0 Å². The van der Waals surface area contributed by atoms with E-state index in [1.165, 1.54) is 0 Å². The minimum atomic E-state index is 0. The van der Waals surface area contributed by atoms with Gasteiger partial charge in [0.1, 0.15) is 0 Å². The Morgan fingerprint density at radius 2 is 0.933 bits per heavy atom. The minimum absolute atomic E-state index is 0. The zero-order chi connectivity index (χ0) is 27.9. The number of hydrogen-bond donors (Lipinski definition) is 0. The van der Waals surface area contributed by atoms with Crippen LogP contribution in [-0.2, 0) is 42.3 Å². The van der Waals surface area contributed by atoms with Gasteiger partial charge in [0.25, 0.3) is 0 Å². The van der Waals surface area contributed by atoms with Crippen molar-refractivity contribution >= 4 is 69.4 Å².